The minimum atomic E-state index is -0.482. The van der Waals surface area contributed by atoms with Crippen LogP contribution >= 0.6 is 0 Å². The lowest BCUT2D eigenvalue weighted by atomic mass is 9.76. The van der Waals surface area contributed by atoms with Gasteiger partial charge in [0.2, 0.25) is 0 Å². The Balaban J connectivity index is 1.76. The fraction of sp³-hybridized carbons (Fsp3) is 0.273. The van der Waals surface area contributed by atoms with Crippen LogP contribution in [-0.2, 0) is 9.59 Å². The van der Waals surface area contributed by atoms with Gasteiger partial charge < -0.3 is 14.8 Å². The molecule has 1 N–H and O–H groups in total. The van der Waals surface area contributed by atoms with Crippen LogP contribution in [0.15, 0.2) is 48.6 Å². The summed E-state index contributed by atoms with van der Waals surface area (Å²) in [6.07, 6.45) is 4.91. The van der Waals surface area contributed by atoms with Gasteiger partial charge in [-0.15, -0.1) is 0 Å². The summed E-state index contributed by atoms with van der Waals surface area (Å²) in [5.74, 6) is -0.255. The van der Waals surface area contributed by atoms with Crippen molar-refractivity contribution in [3.63, 3.8) is 0 Å². The van der Waals surface area contributed by atoms with Crippen LogP contribution in [0.25, 0.3) is 0 Å². The van der Waals surface area contributed by atoms with E-state index < -0.39 is 16.9 Å². The molecule has 0 radical (unpaired) electrons. The van der Waals surface area contributed by atoms with Crippen LogP contribution in [0.1, 0.15) is 43.4 Å². The first-order valence-electron chi connectivity index (χ1n) is 9.56. The Hall–Kier alpha value is -3.68. The number of nitrogens with zero attached hydrogens (tertiary/aromatic N) is 1. The van der Waals surface area contributed by atoms with Gasteiger partial charge in [-0.25, -0.2) is 0 Å². The normalized spacial score (nSPS) is 21.2. The minimum absolute atomic E-state index is 0.00414. The lowest BCUT2D eigenvalue weighted by Crippen LogP contribution is -2.29. The number of ether oxygens (including phenoxy) is 2. The van der Waals surface area contributed by atoms with Crippen molar-refractivity contribution in [1.29, 1.82) is 0 Å². The van der Waals surface area contributed by atoms with Gasteiger partial charge in [-0.1, -0.05) is 12.2 Å². The molecular formula is C22H20N2O6. The Labute approximate surface area is 172 Å². The Morgan fingerprint density at radius 2 is 1.83 bits per heavy atom. The molecule has 8 heteroatoms. The molecule has 154 valence electrons. The lowest BCUT2D eigenvalue weighted by Gasteiger charge is -2.37. The second-order valence-corrected chi connectivity index (χ2v) is 7.39. The summed E-state index contributed by atoms with van der Waals surface area (Å²) >= 11 is 0. The lowest BCUT2D eigenvalue weighted by molar-refractivity contribution is -0.384. The number of esters is 2. The van der Waals surface area contributed by atoms with E-state index in [-0.39, 0.29) is 29.3 Å². The average Bonchev–Trinajstić information content (AvgIpc) is 3.16. The largest absolute Gasteiger partial charge is 0.427 e. The zero-order valence-corrected chi connectivity index (χ0v) is 16.5. The second-order valence-electron chi connectivity index (χ2n) is 7.39. The molecule has 0 bridgehead atoms. The van der Waals surface area contributed by atoms with Crippen LogP contribution in [0.5, 0.6) is 11.5 Å². The van der Waals surface area contributed by atoms with Crippen molar-refractivity contribution >= 4 is 23.3 Å². The van der Waals surface area contributed by atoms with Crippen LogP contribution in [0.4, 0.5) is 11.4 Å². The predicted octanol–water partition coefficient (Wildman–Crippen LogP) is 4.27. The minimum Gasteiger partial charge on any atom is -0.427 e. The maximum Gasteiger partial charge on any atom is 0.308 e. The molecule has 0 unspecified atom stereocenters. The van der Waals surface area contributed by atoms with E-state index in [0.717, 1.165) is 23.2 Å². The molecule has 2 aromatic carbocycles. The average molecular weight is 408 g/mol. The molecule has 3 atom stereocenters. The van der Waals surface area contributed by atoms with Crippen molar-refractivity contribution in [1.82, 2.24) is 0 Å². The Kier molecular flexibility index (Phi) is 4.99. The Bertz CT molecular complexity index is 1080. The predicted molar refractivity (Wildman–Crippen MR) is 109 cm³/mol. The molecule has 0 saturated heterocycles. The highest BCUT2D eigenvalue weighted by atomic mass is 16.6. The molecule has 1 aliphatic heterocycles. The first-order valence-corrected chi connectivity index (χ1v) is 9.56. The summed E-state index contributed by atoms with van der Waals surface area (Å²) in [5.41, 5.74) is 2.49. The number of non-ortho nitro benzene ring substituents is 1. The second kappa shape index (κ2) is 7.62. The van der Waals surface area contributed by atoms with Crippen LogP contribution in [0.2, 0.25) is 0 Å². The third kappa shape index (κ3) is 3.63. The van der Waals surface area contributed by atoms with Crippen molar-refractivity contribution in [3.05, 3.63) is 69.8 Å². The van der Waals surface area contributed by atoms with Crippen molar-refractivity contribution in [2.24, 2.45) is 5.92 Å². The first-order chi connectivity index (χ1) is 14.3. The van der Waals surface area contributed by atoms with E-state index in [1.165, 1.54) is 26.0 Å². The van der Waals surface area contributed by atoms with Crippen molar-refractivity contribution in [2.45, 2.75) is 32.2 Å². The van der Waals surface area contributed by atoms with E-state index in [1.807, 2.05) is 0 Å². The number of allylic oxidation sites excluding steroid dienone is 2. The van der Waals surface area contributed by atoms with Crippen LogP contribution in [-0.4, -0.2) is 16.9 Å². The van der Waals surface area contributed by atoms with E-state index in [2.05, 4.69) is 17.5 Å². The smallest absolute Gasteiger partial charge is 0.308 e. The monoisotopic (exact) mass is 408 g/mol. The molecule has 0 fully saturated rings. The Morgan fingerprint density at radius 1 is 1.07 bits per heavy atom. The maximum absolute atomic E-state index is 11.7. The van der Waals surface area contributed by atoms with Gasteiger partial charge in [0.15, 0.2) is 0 Å². The summed E-state index contributed by atoms with van der Waals surface area (Å²) in [6, 6.07) is 9.57. The van der Waals surface area contributed by atoms with Crippen molar-refractivity contribution < 1.29 is 24.0 Å². The molecule has 0 amide bonds. The SMILES string of the molecule is CC(=O)Oc1ccc([C@@H]2Nc3ccc([N+](=O)[O-])cc3[C@@H]3C=CC[C@@H]32)c(OC(C)=O)c1. The third-order valence-electron chi connectivity index (χ3n) is 5.39. The van der Waals surface area contributed by atoms with Crippen LogP contribution in [0.3, 0.4) is 0 Å². The van der Waals surface area contributed by atoms with Gasteiger partial charge >= 0.3 is 11.9 Å². The number of rotatable bonds is 4. The molecule has 1 aliphatic carbocycles. The van der Waals surface area contributed by atoms with E-state index in [4.69, 9.17) is 9.47 Å². The molecule has 8 nitrogen and oxygen atoms in total. The van der Waals surface area contributed by atoms with Gasteiger partial charge in [-0.05, 0) is 36.1 Å². The van der Waals surface area contributed by atoms with Crippen LogP contribution in [0, 0.1) is 16.0 Å². The highest BCUT2D eigenvalue weighted by Crippen LogP contribution is 2.52. The summed E-state index contributed by atoms with van der Waals surface area (Å²) in [5, 5.41) is 14.7. The van der Waals surface area contributed by atoms with Gasteiger partial charge in [-0.2, -0.15) is 0 Å². The van der Waals surface area contributed by atoms with E-state index in [0.29, 0.717) is 5.75 Å². The number of carbonyl (C=O) groups excluding carboxylic acids is 2. The number of nitro benzene ring substituents is 1. The zero-order chi connectivity index (χ0) is 21.4. The molecular weight excluding hydrogens is 388 g/mol. The molecule has 2 aromatic rings. The maximum atomic E-state index is 11.7. The molecule has 0 spiro atoms. The highest BCUT2D eigenvalue weighted by Gasteiger charge is 2.40. The molecule has 30 heavy (non-hydrogen) atoms. The van der Waals surface area contributed by atoms with Gasteiger partial charge in [0, 0.05) is 49.2 Å². The summed E-state index contributed by atoms with van der Waals surface area (Å²) in [6.45, 7) is 2.61. The quantitative estimate of drug-likeness (QED) is 0.265. The summed E-state index contributed by atoms with van der Waals surface area (Å²) in [7, 11) is 0. The highest BCUT2D eigenvalue weighted by molar-refractivity contribution is 5.72. The Morgan fingerprint density at radius 3 is 2.53 bits per heavy atom. The number of hydrogen-bond acceptors (Lipinski definition) is 7. The van der Waals surface area contributed by atoms with Crippen molar-refractivity contribution in [3.8, 4) is 11.5 Å². The van der Waals surface area contributed by atoms with E-state index in [1.54, 1.807) is 24.3 Å². The summed E-state index contributed by atoms with van der Waals surface area (Å²) in [4.78, 5) is 33.8. The molecule has 0 saturated carbocycles. The topological polar surface area (TPSA) is 108 Å². The fourth-order valence-electron chi connectivity index (χ4n) is 4.25. The standard InChI is InChI=1S/C22H20N2O6/c1-12(25)29-15-7-8-18(21(11-15)30-13(2)26)22-17-5-3-4-16(17)19-10-14(24(27)28)6-9-20(19)23-22/h3-4,6-11,16-17,22-23H,5H2,1-2H3/t16-,17+,22-/m1/s1. The summed E-state index contributed by atoms with van der Waals surface area (Å²) < 4.78 is 10.6. The van der Waals surface area contributed by atoms with Gasteiger partial charge in [0.05, 0.1) is 11.0 Å². The number of carbonyl (C=O) groups is 2. The molecule has 1 heterocycles. The molecule has 4 rings (SSSR count). The van der Waals surface area contributed by atoms with Gasteiger partial charge in [0.25, 0.3) is 5.69 Å². The molecule has 0 aromatic heterocycles. The number of hydrogen-bond donors (Lipinski definition) is 1. The number of anilines is 1. The first kappa shape index (κ1) is 19.6. The van der Waals surface area contributed by atoms with E-state index in [9.17, 15) is 19.7 Å². The molecule has 2 aliphatic rings. The zero-order valence-electron chi connectivity index (χ0n) is 16.5. The fourth-order valence-corrected chi connectivity index (χ4v) is 4.25. The number of nitrogens with one attached hydrogen (secondary N) is 1. The van der Waals surface area contributed by atoms with Crippen LogP contribution < -0.4 is 14.8 Å². The van der Waals surface area contributed by atoms with E-state index >= 15 is 0 Å². The van der Waals surface area contributed by atoms with Crippen molar-refractivity contribution in [2.75, 3.05) is 5.32 Å². The van der Waals surface area contributed by atoms with Gasteiger partial charge in [0.1, 0.15) is 11.5 Å². The number of nitro groups is 1. The van der Waals surface area contributed by atoms with Gasteiger partial charge in [-0.3, -0.25) is 19.7 Å². The third-order valence-corrected chi connectivity index (χ3v) is 5.39. The number of fused-ring (bicyclic) bond motifs is 3. The number of benzene rings is 2.